The molecule has 0 aliphatic heterocycles. The van der Waals surface area contributed by atoms with Gasteiger partial charge in [-0.05, 0) is 102 Å². The van der Waals surface area contributed by atoms with Crippen LogP contribution < -0.4 is 20.4 Å². The maximum atomic E-state index is 13.9. The van der Waals surface area contributed by atoms with Crippen molar-refractivity contribution in [1.82, 2.24) is 0 Å². The van der Waals surface area contributed by atoms with Gasteiger partial charge in [-0.1, -0.05) is 191 Å². The minimum atomic E-state index is -0.356. The van der Waals surface area contributed by atoms with Gasteiger partial charge in [0.2, 0.25) is 0 Å². The van der Waals surface area contributed by atoms with Gasteiger partial charge in [0.05, 0.1) is 22.7 Å². The van der Waals surface area contributed by atoms with Crippen molar-refractivity contribution in [2.24, 2.45) is 20.0 Å². The van der Waals surface area contributed by atoms with Crippen LogP contribution >= 0.6 is 0 Å². The van der Waals surface area contributed by atoms with E-state index in [0.29, 0.717) is 45.0 Å². The largest absolute Gasteiger partial charge is 0.872 e. The zero-order chi connectivity index (χ0) is 46.8. The summed E-state index contributed by atoms with van der Waals surface area (Å²) in [5.74, 6) is -0.835. The Labute approximate surface area is 379 Å². The summed E-state index contributed by atoms with van der Waals surface area (Å²) in [6.07, 6.45) is 6.14. The van der Waals surface area contributed by atoms with Crippen molar-refractivity contribution in [3.8, 4) is 34.1 Å². The van der Waals surface area contributed by atoms with Crippen LogP contribution in [-0.4, -0.2) is 24.9 Å². The summed E-state index contributed by atoms with van der Waals surface area (Å²) in [6.45, 7) is 24.9. The predicted molar refractivity (Wildman–Crippen MR) is 259 cm³/mol. The smallest absolute Gasteiger partial charge is 0.0886 e. The fourth-order valence-electron chi connectivity index (χ4n) is 7.13. The lowest BCUT2D eigenvalue weighted by Crippen LogP contribution is -2.20. The molecule has 330 valence electrons. The third-order valence-electron chi connectivity index (χ3n) is 11.1. The second kappa shape index (κ2) is 18.1. The van der Waals surface area contributed by atoms with Crippen molar-refractivity contribution in [2.75, 3.05) is 0 Å². The molecule has 0 radical (unpaired) electrons. The van der Waals surface area contributed by atoms with E-state index in [0.717, 1.165) is 22.3 Å². The standard InChI is InChI=1S/C56H62N4O4/c1-53(2,3)39-27-37(51(63)43(29-39)55(7,8)9)33-59-47-25-15-13-23-45(47)57-31-35-19-17-21-41(49(35)61)42-22-18-20-36(50(42)62)32-58-46-24-14-16-26-48(46)60-34-38-28-40(54(4,5)6)30-44(52(38)64)56(10,11)12/h13-34,61-64H,1-12H3/p-4. The molecule has 64 heavy (non-hydrogen) atoms. The van der Waals surface area contributed by atoms with Gasteiger partial charge in [0.1, 0.15) is 0 Å². The zero-order valence-corrected chi connectivity index (χ0v) is 39.1. The van der Waals surface area contributed by atoms with Crippen molar-refractivity contribution in [1.29, 1.82) is 0 Å². The molecule has 0 heterocycles. The quantitative estimate of drug-likeness (QED) is 0.133. The molecule has 0 saturated carbocycles. The van der Waals surface area contributed by atoms with E-state index >= 15 is 0 Å². The molecular formula is C56H58N4O4-4. The molecule has 0 amide bonds. The van der Waals surface area contributed by atoms with E-state index in [9.17, 15) is 20.4 Å². The monoisotopic (exact) mass is 850 g/mol. The van der Waals surface area contributed by atoms with Crippen LogP contribution in [0.25, 0.3) is 11.1 Å². The molecule has 6 aromatic rings. The van der Waals surface area contributed by atoms with E-state index in [4.69, 9.17) is 9.98 Å². The minimum absolute atomic E-state index is 0.0618. The molecule has 6 rings (SSSR count). The van der Waals surface area contributed by atoms with Gasteiger partial charge < -0.3 is 20.4 Å². The van der Waals surface area contributed by atoms with Crippen LogP contribution in [0.3, 0.4) is 0 Å². The van der Waals surface area contributed by atoms with Crippen molar-refractivity contribution in [2.45, 2.75) is 105 Å². The van der Waals surface area contributed by atoms with Gasteiger partial charge in [-0.2, -0.15) is 0 Å². The first-order chi connectivity index (χ1) is 29.9. The van der Waals surface area contributed by atoms with Crippen LogP contribution in [0.15, 0.2) is 129 Å². The van der Waals surface area contributed by atoms with Gasteiger partial charge in [0.25, 0.3) is 0 Å². The van der Waals surface area contributed by atoms with Crippen LogP contribution in [0.1, 0.15) is 128 Å². The Balaban J connectivity index is 1.28. The first-order valence-corrected chi connectivity index (χ1v) is 21.6. The maximum Gasteiger partial charge on any atom is 0.0886 e. The molecule has 0 fully saturated rings. The topological polar surface area (TPSA) is 142 Å². The Kier molecular flexibility index (Phi) is 13.2. The fourth-order valence-corrected chi connectivity index (χ4v) is 7.13. The molecule has 0 aliphatic rings. The van der Waals surface area contributed by atoms with Gasteiger partial charge in [-0.3, -0.25) is 20.0 Å². The third-order valence-corrected chi connectivity index (χ3v) is 11.1. The van der Waals surface area contributed by atoms with Crippen molar-refractivity contribution in [3.05, 3.63) is 154 Å². The molecular weight excluding hydrogens is 793 g/mol. The Morgan fingerprint density at radius 2 is 0.625 bits per heavy atom. The summed E-state index contributed by atoms with van der Waals surface area (Å²) in [5, 5.41) is 55.1. The van der Waals surface area contributed by atoms with E-state index in [1.807, 2.05) is 90.1 Å². The highest BCUT2D eigenvalue weighted by Crippen LogP contribution is 2.40. The van der Waals surface area contributed by atoms with Gasteiger partial charge in [-0.25, -0.2) is 0 Å². The van der Waals surface area contributed by atoms with Crippen LogP contribution in [0.4, 0.5) is 22.7 Å². The zero-order valence-electron chi connectivity index (χ0n) is 39.1. The number of rotatable bonds is 9. The highest BCUT2D eigenvalue weighted by atomic mass is 16.3. The second-order valence-corrected chi connectivity index (χ2v) is 20.3. The number of aliphatic imine (C=N–C) groups is 4. The van der Waals surface area contributed by atoms with Gasteiger partial charge >= 0.3 is 0 Å². The molecule has 0 N–H and O–H groups in total. The Morgan fingerprint density at radius 3 is 0.906 bits per heavy atom. The van der Waals surface area contributed by atoms with E-state index in [1.165, 1.54) is 12.4 Å². The second-order valence-electron chi connectivity index (χ2n) is 20.3. The normalized spacial score (nSPS) is 13.0. The van der Waals surface area contributed by atoms with Gasteiger partial charge in [0, 0.05) is 24.9 Å². The molecule has 6 aromatic carbocycles. The SMILES string of the molecule is CC(C)(C)c1cc(C=Nc2ccccc2N=Cc2cccc(-c3cccc(C=Nc4ccccc4N=Cc4cc(C(C)(C)C)cc(C(C)(C)C)c4[O-])c3[O-])c2[O-])c([O-])c(C(C)(C)C)c1. The molecule has 0 spiro atoms. The first kappa shape index (κ1) is 46.7. The molecule has 8 heteroatoms. The Bertz CT molecular complexity index is 2610. The predicted octanol–water partition coefficient (Wildman–Crippen LogP) is 11.8. The number of hydrogen-bond donors (Lipinski definition) is 0. The van der Waals surface area contributed by atoms with Crippen LogP contribution in [0, 0.1) is 0 Å². The lowest BCUT2D eigenvalue weighted by molar-refractivity contribution is -0.271. The lowest BCUT2D eigenvalue weighted by Gasteiger charge is -2.31. The first-order valence-electron chi connectivity index (χ1n) is 21.6. The van der Waals surface area contributed by atoms with Crippen molar-refractivity contribution >= 4 is 47.6 Å². The highest BCUT2D eigenvalue weighted by Gasteiger charge is 2.23. The molecule has 8 nitrogen and oxygen atoms in total. The minimum Gasteiger partial charge on any atom is -0.872 e. The Hall–Kier alpha value is -6.80. The molecule has 0 bridgehead atoms. The summed E-state index contributed by atoms with van der Waals surface area (Å²) >= 11 is 0. The number of nitrogens with zero attached hydrogens (tertiary/aromatic N) is 4. The average molecular weight is 851 g/mol. The summed E-state index contributed by atoms with van der Waals surface area (Å²) in [5.41, 5.74) is 6.63. The van der Waals surface area contributed by atoms with E-state index < -0.39 is 0 Å². The molecule has 0 atom stereocenters. The van der Waals surface area contributed by atoms with Crippen LogP contribution in [-0.2, 0) is 21.7 Å². The molecule has 0 unspecified atom stereocenters. The third kappa shape index (κ3) is 10.7. The Morgan fingerprint density at radius 1 is 0.328 bits per heavy atom. The fraction of sp³-hybridized carbons (Fsp3) is 0.286. The van der Waals surface area contributed by atoms with E-state index in [2.05, 4.69) is 51.5 Å². The maximum absolute atomic E-state index is 13.9. The summed E-state index contributed by atoms with van der Waals surface area (Å²) in [7, 11) is 0. The van der Waals surface area contributed by atoms with E-state index in [-0.39, 0.29) is 55.8 Å². The van der Waals surface area contributed by atoms with Crippen molar-refractivity contribution in [3.63, 3.8) is 0 Å². The number of hydrogen-bond acceptors (Lipinski definition) is 8. The van der Waals surface area contributed by atoms with Gasteiger partial charge in [-0.15, -0.1) is 0 Å². The molecule has 0 aromatic heterocycles. The van der Waals surface area contributed by atoms with E-state index in [1.54, 1.807) is 73.1 Å². The van der Waals surface area contributed by atoms with Crippen molar-refractivity contribution < 1.29 is 20.4 Å². The number of benzene rings is 6. The van der Waals surface area contributed by atoms with Crippen LogP contribution in [0.2, 0.25) is 0 Å². The summed E-state index contributed by atoms with van der Waals surface area (Å²) in [6, 6.07) is 32.4. The number of para-hydroxylation sites is 6. The van der Waals surface area contributed by atoms with Crippen LogP contribution in [0.5, 0.6) is 23.0 Å². The average Bonchev–Trinajstić information content (AvgIpc) is 3.21. The summed E-state index contributed by atoms with van der Waals surface area (Å²) in [4.78, 5) is 18.7. The molecule has 0 aliphatic carbocycles. The highest BCUT2D eigenvalue weighted by molar-refractivity contribution is 5.95. The summed E-state index contributed by atoms with van der Waals surface area (Å²) < 4.78 is 0. The van der Waals surface area contributed by atoms with Gasteiger partial charge in [0.15, 0.2) is 0 Å². The molecule has 0 saturated heterocycles. The lowest BCUT2D eigenvalue weighted by atomic mass is 9.79.